The first-order valence-electron chi connectivity index (χ1n) is 6.43. The monoisotopic (exact) mass is 250 g/mol. The van der Waals surface area contributed by atoms with Gasteiger partial charge in [-0.25, -0.2) is 9.64 Å². The van der Waals surface area contributed by atoms with Gasteiger partial charge in [0, 0.05) is 6.04 Å². The summed E-state index contributed by atoms with van der Waals surface area (Å²) in [6, 6.07) is 0.161. The number of amides is 1. The number of nitrogens with zero attached hydrogens (tertiary/aromatic N) is 1. The van der Waals surface area contributed by atoms with Crippen LogP contribution >= 0.6 is 0 Å². The standard InChI is InChI=1S/C14H22N2O2/c1-14(2,3)18-13(17)16-12-7-5-6-11(10-12)8-9-15-4/h8-9,11-12H,5-7,10H2,1-3H3,(H,16,17)/b9-8+. The highest BCUT2D eigenvalue weighted by Crippen LogP contribution is 2.25. The highest BCUT2D eigenvalue weighted by Gasteiger charge is 2.24. The van der Waals surface area contributed by atoms with E-state index in [-0.39, 0.29) is 12.1 Å². The summed E-state index contributed by atoms with van der Waals surface area (Å²) in [7, 11) is 0. The number of ether oxygens (including phenoxy) is 1. The quantitative estimate of drug-likeness (QED) is 0.762. The predicted octanol–water partition coefficient (Wildman–Crippen LogP) is 3.50. The van der Waals surface area contributed by atoms with Crippen molar-refractivity contribution in [3.05, 3.63) is 23.7 Å². The smallest absolute Gasteiger partial charge is 0.407 e. The van der Waals surface area contributed by atoms with Crippen molar-refractivity contribution >= 4 is 6.09 Å². The van der Waals surface area contributed by atoms with Crippen LogP contribution in [0, 0.1) is 12.5 Å². The van der Waals surface area contributed by atoms with Crippen LogP contribution in [-0.4, -0.2) is 17.7 Å². The molecule has 1 fully saturated rings. The summed E-state index contributed by atoms with van der Waals surface area (Å²) >= 11 is 0. The molecule has 0 aromatic carbocycles. The molecule has 0 aromatic heterocycles. The fraction of sp³-hybridized carbons (Fsp3) is 0.714. The molecule has 1 saturated carbocycles. The molecule has 2 atom stereocenters. The van der Waals surface area contributed by atoms with Crippen LogP contribution in [0.5, 0.6) is 0 Å². The van der Waals surface area contributed by atoms with E-state index in [1.54, 1.807) is 0 Å². The van der Waals surface area contributed by atoms with Crippen molar-refractivity contribution in [2.24, 2.45) is 5.92 Å². The molecule has 0 aromatic rings. The lowest BCUT2D eigenvalue weighted by atomic mass is 9.86. The molecule has 1 rings (SSSR count). The molecular weight excluding hydrogens is 228 g/mol. The lowest BCUT2D eigenvalue weighted by molar-refractivity contribution is 0.0488. The van der Waals surface area contributed by atoms with Crippen LogP contribution in [0.25, 0.3) is 4.85 Å². The summed E-state index contributed by atoms with van der Waals surface area (Å²) in [6.07, 6.45) is 7.16. The molecule has 0 heterocycles. The summed E-state index contributed by atoms with van der Waals surface area (Å²) < 4.78 is 5.24. The van der Waals surface area contributed by atoms with Crippen LogP contribution in [0.3, 0.4) is 0 Å². The molecule has 0 saturated heterocycles. The van der Waals surface area contributed by atoms with Crippen molar-refractivity contribution in [1.29, 1.82) is 0 Å². The van der Waals surface area contributed by atoms with Gasteiger partial charge < -0.3 is 10.1 Å². The summed E-state index contributed by atoms with van der Waals surface area (Å²) in [5.41, 5.74) is -0.456. The molecule has 1 amide bonds. The van der Waals surface area contributed by atoms with Crippen molar-refractivity contribution in [2.75, 3.05) is 0 Å². The largest absolute Gasteiger partial charge is 0.444 e. The van der Waals surface area contributed by atoms with Gasteiger partial charge in [0.05, 0.1) is 6.57 Å². The van der Waals surface area contributed by atoms with Gasteiger partial charge in [0.2, 0.25) is 0 Å². The molecule has 0 spiro atoms. The molecule has 0 radical (unpaired) electrons. The third-order valence-corrected chi connectivity index (χ3v) is 2.87. The van der Waals surface area contributed by atoms with Crippen molar-refractivity contribution in [3.8, 4) is 0 Å². The zero-order valence-corrected chi connectivity index (χ0v) is 11.4. The van der Waals surface area contributed by atoms with Crippen LogP contribution in [-0.2, 0) is 4.74 Å². The lowest BCUT2D eigenvalue weighted by Crippen LogP contribution is -2.41. The fourth-order valence-electron chi connectivity index (χ4n) is 2.17. The Morgan fingerprint density at radius 3 is 2.78 bits per heavy atom. The van der Waals surface area contributed by atoms with Crippen LogP contribution in [0.2, 0.25) is 0 Å². The van der Waals surface area contributed by atoms with Crippen molar-refractivity contribution in [1.82, 2.24) is 5.32 Å². The average Bonchev–Trinajstić information content (AvgIpc) is 2.24. The van der Waals surface area contributed by atoms with E-state index >= 15 is 0 Å². The first-order valence-corrected chi connectivity index (χ1v) is 6.43. The van der Waals surface area contributed by atoms with Gasteiger partial charge in [0.1, 0.15) is 5.60 Å². The maximum absolute atomic E-state index is 11.6. The maximum Gasteiger partial charge on any atom is 0.407 e. The Morgan fingerprint density at radius 1 is 1.44 bits per heavy atom. The van der Waals surface area contributed by atoms with Crippen LogP contribution in [0.1, 0.15) is 46.5 Å². The average molecular weight is 250 g/mol. The Kier molecular flexibility index (Phi) is 5.21. The highest BCUT2D eigenvalue weighted by molar-refractivity contribution is 5.68. The van der Waals surface area contributed by atoms with Gasteiger partial charge in [0.15, 0.2) is 6.20 Å². The van der Waals surface area contributed by atoms with E-state index in [0.717, 1.165) is 25.7 Å². The van der Waals surface area contributed by atoms with Gasteiger partial charge in [-0.3, -0.25) is 0 Å². The second-order valence-electron chi connectivity index (χ2n) is 5.74. The van der Waals surface area contributed by atoms with Gasteiger partial charge in [-0.15, -0.1) is 0 Å². The van der Waals surface area contributed by atoms with E-state index in [4.69, 9.17) is 11.3 Å². The van der Waals surface area contributed by atoms with Gasteiger partial charge in [-0.1, -0.05) is 12.5 Å². The third-order valence-electron chi connectivity index (χ3n) is 2.87. The third kappa shape index (κ3) is 5.72. The number of rotatable bonds is 2. The molecule has 4 nitrogen and oxygen atoms in total. The van der Waals surface area contributed by atoms with Crippen LogP contribution in [0.15, 0.2) is 12.3 Å². The van der Waals surface area contributed by atoms with Crippen LogP contribution < -0.4 is 5.32 Å². The number of nitrogens with one attached hydrogen (secondary N) is 1. The topological polar surface area (TPSA) is 42.7 Å². The minimum Gasteiger partial charge on any atom is -0.444 e. The molecule has 4 heteroatoms. The Morgan fingerprint density at radius 2 is 2.17 bits per heavy atom. The molecule has 1 aliphatic rings. The predicted molar refractivity (Wildman–Crippen MR) is 70.9 cm³/mol. The van der Waals surface area contributed by atoms with E-state index in [1.165, 1.54) is 6.20 Å². The number of carbonyl (C=O) groups is 1. The van der Waals surface area contributed by atoms with Crippen molar-refractivity contribution < 1.29 is 9.53 Å². The van der Waals surface area contributed by atoms with E-state index in [9.17, 15) is 4.79 Å². The second kappa shape index (κ2) is 6.44. The molecule has 100 valence electrons. The van der Waals surface area contributed by atoms with Gasteiger partial charge in [-0.2, -0.15) is 0 Å². The highest BCUT2D eigenvalue weighted by atomic mass is 16.6. The second-order valence-corrected chi connectivity index (χ2v) is 5.74. The normalized spacial score (nSPS) is 24.6. The SMILES string of the molecule is [C-]#[N+]/C=C/C1CCCC(NC(=O)OC(C)(C)C)C1. The first kappa shape index (κ1) is 14.6. The molecule has 2 unspecified atom stereocenters. The molecule has 0 aliphatic heterocycles. The summed E-state index contributed by atoms with van der Waals surface area (Å²) in [4.78, 5) is 14.9. The number of carbonyl (C=O) groups excluding carboxylic acids is 1. The van der Waals surface area contributed by atoms with Gasteiger partial charge >= 0.3 is 6.09 Å². The minimum atomic E-state index is -0.456. The van der Waals surface area contributed by atoms with E-state index in [0.29, 0.717) is 5.92 Å². The summed E-state index contributed by atoms with van der Waals surface area (Å²) in [6.45, 7) is 12.3. The minimum absolute atomic E-state index is 0.161. The zero-order chi connectivity index (χ0) is 13.6. The summed E-state index contributed by atoms with van der Waals surface area (Å²) in [5, 5.41) is 2.91. The Bertz CT molecular complexity index is 350. The molecule has 0 bridgehead atoms. The number of alkyl carbamates (subject to hydrolysis) is 1. The number of hydrogen-bond donors (Lipinski definition) is 1. The number of hydrogen-bond acceptors (Lipinski definition) is 2. The Hall–Kier alpha value is -1.50. The summed E-state index contributed by atoms with van der Waals surface area (Å²) in [5.74, 6) is 0.396. The van der Waals surface area contributed by atoms with Crippen molar-refractivity contribution in [2.45, 2.75) is 58.1 Å². The molecular formula is C14H22N2O2. The molecule has 18 heavy (non-hydrogen) atoms. The Balaban J connectivity index is 2.41. The van der Waals surface area contributed by atoms with Gasteiger partial charge in [0.25, 0.3) is 0 Å². The van der Waals surface area contributed by atoms with E-state index in [2.05, 4.69) is 10.2 Å². The number of allylic oxidation sites excluding steroid dienone is 1. The van der Waals surface area contributed by atoms with Gasteiger partial charge in [-0.05, 0) is 46.0 Å². The van der Waals surface area contributed by atoms with E-state index in [1.807, 2.05) is 26.8 Å². The first-order chi connectivity index (χ1) is 8.40. The van der Waals surface area contributed by atoms with Crippen LogP contribution in [0.4, 0.5) is 4.79 Å². The van der Waals surface area contributed by atoms with Crippen molar-refractivity contribution in [3.63, 3.8) is 0 Å². The Labute approximate surface area is 109 Å². The molecule has 1 N–H and O–H groups in total. The zero-order valence-electron chi connectivity index (χ0n) is 11.4. The molecule has 1 aliphatic carbocycles. The maximum atomic E-state index is 11.6. The lowest BCUT2D eigenvalue weighted by Gasteiger charge is -2.29. The van der Waals surface area contributed by atoms with E-state index < -0.39 is 5.60 Å². The fourth-order valence-corrected chi connectivity index (χ4v) is 2.17.